The molecule has 0 saturated carbocycles. The van der Waals surface area contributed by atoms with E-state index in [9.17, 15) is 4.79 Å². The first-order valence-corrected chi connectivity index (χ1v) is 14.2. The molecule has 204 valence electrons. The molecule has 40 heavy (non-hydrogen) atoms. The van der Waals surface area contributed by atoms with Crippen LogP contribution in [0, 0.1) is 23.7 Å². The number of aromatic nitrogens is 4. The number of H-pyrrole nitrogens is 2. The van der Waals surface area contributed by atoms with Gasteiger partial charge in [0, 0.05) is 17.7 Å². The molecule has 0 bridgehead atoms. The Bertz CT molecular complexity index is 1560. The number of hydrogen-bond acceptors (Lipinski definition) is 5. The number of carbonyl (C=O) groups excluding carboxylic acids is 1. The third-order valence-electron chi connectivity index (χ3n) is 8.15. The molecule has 1 aliphatic carbocycles. The van der Waals surface area contributed by atoms with E-state index in [0.29, 0.717) is 12.6 Å². The number of aromatic amines is 2. The number of fused-ring (bicyclic) bond motifs is 1. The highest BCUT2D eigenvalue weighted by molar-refractivity contribution is 5.79. The van der Waals surface area contributed by atoms with Crippen LogP contribution in [0.4, 0.5) is 0 Å². The first-order chi connectivity index (χ1) is 19.6. The van der Waals surface area contributed by atoms with Gasteiger partial charge in [-0.15, -0.1) is 0 Å². The van der Waals surface area contributed by atoms with E-state index < -0.39 is 0 Å². The van der Waals surface area contributed by atoms with Crippen LogP contribution in [0.2, 0.25) is 0 Å². The number of carbonyl (C=O) groups is 1. The van der Waals surface area contributed by atoms with E-state index in [2.05, 4.69) is 85.2 Å². The highest BCUT2D eigenvalue weighted by Gasteiger charge is 2.31. The number of nitrogens with one attached hydrogen (secondary N) is 3. The highest BCUT2D eigenvalue weighted by atomic mass is 16.2. The summed E-state index contributed by atoms with van der Waals surface area (Å²) in [4.78, 5) is 32.7. The summed E-state index contributed by atoms with van der Waals surface area (Å²) in [7, 11) is 3.95. The Morgan fingerprint density at radius 1 is 0.900 bits per heavy atom. The van der Waals surface area contributed by atoms with Gasteiger partial charge in [0.05, 0.1) is 31.0 Å². The van der Waals surface area contributed by atoms with Crippen molar-refractivity contribution >= 4 is 5.91 Å². The number of allylic oxidation sites excluding steroid dienone is 2. The molecule has 2 atom stereocenters. The minimum atomic E-state index is -0.0165. The predicted molar refractivity (Wildman–Crippen MR) is 154 cm³/mol. The van der Waals surface area contributed by atoms with Crippen LogP contribution < -0.4 is 5.32 Å². The fraction of sp³-hybridized carbons (Fsp3) is 0.406. The first kappa shape index (κ1) is 26.1. The molecule has 1 unspecified atom stereocenters. The highest BCUT2D eigenvalue weighted by Crippen LogP contribution is 2.30. The minimum Gasteiger partial charge on any atom is -0.334 e. The summed E-state index contributed by atoms with van der Waals surface area (Å²) in [6.45, 7) is 2.21. The monoisotopic (exact) mass is 533 g/mol. The van der Waals surface area contributed by atoms with Crippen molar-refractivity contribution in [2.75, 3.05) is 33.7 Å². The maximum Gasteiger partial charge on any atom is 0.237 e. The molecule has 0 spiro atoms. The Morgan fingerprint density at radius 3 is 2.05 bits per heavy atom. The molecule has 3 N–H and O–H groups in total. The summed E-state index contributed by atoms with van der Waals surface area (Å²) in [6, 6.07) is 4.50. The fourth-order valence-corrected chi connectivity index (χ4v) is 6.06. The van der Waals surface area contributed by atoms with Crippen LogP contribution in [0.1, 0.15) is 83.1 Å². The summed E-state index contributed by atoms with van der Waals surface area (Å²) < 4.78 is 0. The van der Waals surface area contributed by atoms with Crippen molar-refractivity contribution in [1.82, 2.24) is 35.1 Å². The lowest BCUT2D eigenvalue weighted by Crippen LogP contribution is -2.37. The van der Waals surface area contributed by atoms with Crippen molar-refractivity contribution in [3.05, 3.63) is 82.0 Å². The Balaban J connectivity index is 1.21. The smallest absolute Gasteiger partial charge is 0.237 e. The number of imidazole rings is 2. The number of nitrogens with zero attached hydrogens (tertiary/aromatic N) is 4. The van der Waals surface area contributed by atoms with Gasteiger partial charge in [0.2, 0.25) is 5.91 Å². The third kappa shape index (κ3) is 5.34. The Hall–Kier alpha value is -4.11. The average Bonchev–Trinajstić information content (AvgIpc) is 3.78. The van der Waals surface area contributed by atoms with Gasteiger partial charge in [-0.25, -0.2) is 9.97 Å². The number of rotatable bonds is 4. The molecule has 2 fully saturated rings. The molecule has 1 amide bonds. The summed E-state index contributed by atoms with van der Waals surface area (Å²) in [5.41, 5.74) is 6.14. The second-order valence-electron chi connectivity index (χ2n) is 10.8. The first-order valence-electron chi connectivity index (χ1n) is 14.2. The topological polar surface area (TPSA) is 92.9 Å². The second-order valence-corrected chi connectivity index (χ2v) is 10.8. The van der Waals surface area contributed by atoms with E-state index in [4.69, 9.17) is 0 Å². The molecule has 3 aromatic rings. The van der Waals surface area contributed by atoms with Gasteiger partial charge in [0.25, 0.3) is 0 Å². The molecule has 2 aromatic heterocycles. The molecule has 1 aromatic carbocycles. The second kappa shape index (κ2) is 11.6. The van der Waals surface area contributed by atoms with Gasteiger partial charge in [-0.3, -0.25) is 9.69 Å². The largest absolute Gasteiger partial charge is 0.334 e. The van der Waals surface area contributed by atoms with Gasteiger partial charge in [-0.1, -0.05) is 24.0 Å². The van der Waals surface area contributed by atoms with Crippen LogP contribution in [0.3, 0.4) is 0 Å². The molecule has 8 nitrogen and oxygen atoms in total. The van der Waals surface area contributed by atoms with Gasteiger partial charge in [-0.05, 0) is 94.3 Å². The third-order valence-corrected chi connectivity index (χ3v) is 8.15. The number of likely N-dealkylation sites (tertiary alicyclic amines) is 2. The van der Waals surface area contributed by atoms with Crippen molar-refractivity contribution < 1.29 is 4.79 Å². The molecule has 0 radical (unpaired) electrons. The number of likely N-dealkylation sites (N-methyl/N-ethyl adjacent to an activating group) is 1. The summed E-state index contributed by atoms with van der Waals surface area (Å²) in [6.07, 6.45) is 14.0. The Kier molecular flexibility index (Phi) is 7.55. The van der Waals surface area contributed by atoms with Crippen molar-refractivity contribution in [2.45, 2.75) is 50.6 Å². The summed E-state index contributed by atoms with van der Waals surface area (Å²) >= 11 is 0. The Labute approximate surface area is 235 Å². The van der Waals surface area contributed by atoms with Crippen LogP contribution in [-0.4, -0.2) is 69.4 Å². The van der Waals surface area contributed by atoms with Gasteiger partial charge < -0.3 is 20.2 Å². The van der Waals surface area contributed by atoms with Crippen molar-refractivity contribution in [2.24, 2.45) is 0 Å². The maximum atomic E-state index is 12.5. The van der Waals surface area contributed by atoms with E-state index in [1.54, 1.807) is 13.2 Å². The molecule has 4 heterocycles. The SMILES string of the molecule is CNCC(=O)N1CCC[C@@H]1c1ncc(C#Cc2ccc(C#Cc3cnc(C4CCCN4C)[nH]3)c3c2CC=CC3)[nH]1. The lowest BCUT2D eigenvalue weighted by atomic mass is 9.88. The van der Waals surface area contributed by atoms with Gasteiger partial charge in [0.15, 0.2) is 0 Å². The Morgan fingerprint density at radius 2 is 1.48 bits per heavy atom. The van der Waals surface area contributed by atoms with Crippen molar-refractivity contribution in [3.63, 3.8) is 0 Å². The van der Waals surface area contributed by atoms with Gasteiger partial charge >= 0.3 is 0 Å². The van der Waals surface area contributed by atoms with Crippen molar-refractivity contribution in [3.8, 4) is 23.7 Å². The van der Waals surface area contributed by atoms with E-state index in [1.807, 2.05) is 11.1 Å². The quantitative estimate of drug-likeness (QED) is 0.354. The van der Waals surface area contributed by atoms with Crippen molar-refractivity contribution in [1.29, 1.82) is 0 Å². The molecular weight excluding hydrogens is 498 g/mol. The molecule has 8 heteroatoms. The van der Waals surface area contributed by atoms with Crippen LogP contribution in [-0.2, 0) is 17.6 Å². The average molecular weight is 534 g/mol. The number of amides is 1. The molecule has 6 rings (SSSR count). The van der Waals surface area contributed by atoms with E-state index in [1.165, 1.54) is 17.5 Å². The van der Waals surface area contributed by atoms with Crippen LogP contribution >= 0.6 is 0 Å². The van der Waals surface area contributed by atoms with E-state index in [-0.39, 0.29) is 11.9 Å². The predicted octanol–water partition coefficient (Wildman–Crippen LogP) is 3.24. The van der Waals surface area contributed by atoms with Crippen LogP contribution in [0.5, 0.6) is 0 Å². The molecule has 2 aliphatic heterocycles. The molecule has 3 aliphatic rings. The van der Waals surface area contributed by atoms with Crippen LogP contribution in [0.25, 0.3) is 0 Å². The zero-order chi connectivity index (χ0) is 27.5. The number of hydrogen-bond donors (Lipinski definition) is 3. The number of benzene rings is 1. The maximum absolute atomic E-state index is 12.5. The fourth-order valence-electron chi connectivity index (χ4n) is 6.06. The lowest BCUT2D eigenvalue weighted by Gasteiger charge is -2.23. The van der Waals surface area contributed by atoms with Gasteiger partial charge in [0.1, 0.15) is 23.0 Å². The molecule has 2 saturated heterocycles. The summed E-state index contributed by atoms with van der Waals surface area (Å²) in [5, 5.41) is 2.95. The zero-order valence-electron chi connectivity index (χ0n) is 23.2. The normalized spacial score (nSPS) is 20.1. The van der Waals surface area contributed by atoms with Crippen LogP contribution in [0.15, 0.2) is 36.7 Å². The zero-order valence-corrected chi connectivity index (χ0v) is 23.2. The minimum absolute atomic E-state index is 0.0165. The van der Waals surface area contributed by atoms with E-state index in [0.717, 1.165) is 79.4 Å². The lowest BCUT2D eigenvalue weighted by molar-refractivity contribution is -0.131. The van der Waals surface area contributed by atoms with E-state index >= 15 is 0 Å². The van der Waals surface area contributed by atoms with Gasteiger partial charge in [-0.2, -0.15) is 0 Å². The standard InChI is InChI=1S/C32H35N7O/c1-33-21-30(40)39-18-6-10-29(39)32-35-20-25(37-32)16-14-23-12-11-22(26-7-3-4-8-27(23)26)13-15-24-19-34-31(36-24)28-9-5-17-38(28)2/h3-4,11-12,19-20,28-29,33H,5-10,17-18,21H2,1-2H3,(H,34,36)(H,35,37)/t28?,29-/m1/s1. The molecular formula is C32H35N7O. The summed E-state index contributed by atoms with van der Waals surface area (Å²) in [5.74, 6) is 15.3.